The van der Waals surface area contributed by atoms with Gasteiger partial charge in [0, 0.05) is 12.1 Å². The van der Waals surface area contributed by atoms with Crippen LogP contribution in [-0.4, -0.2) is 10.6 Å². The molecule has 0 saturated carbocycles. The van der Waals surface area contributed by atoms with Crippen molar-refractivity contribution in [2.75, 3.05) is 0 Å². The van der Waals surface area contributed by atoms with Gasteiger partial charge in [-0.15, -0.1) is 9.48 Å². The highest BCUT2D eigenvalue weighted by molar-refractivity contribution is 5.30. The van der Waals surface area contributed by atoms with E-state index in [9.17, 15) is 20.5 Å². The lowest BCUT2D eigenvalue weighted by Gasteiger charge is -2.24. The lowest BCUT2D eigenvalue weighted by molar-refractivity contribution is -0.385. The second-order valence-electron chi connectivity index (χ2n) is 4.60. The van der Waals surface area contributed by atoms with Crippen LogP contribution in [0, 0.1) is 20.5 Å². The smallest absolute Gasteiger partial charge is 0.371 e. The molecule has 1 atom stereocenters. The molecule has 0 saturated heterocycles. The highest BCUT2D eigenvalue weighted by atomic mass is 16.6. The molecule has 1 aromatic carbocycles. The summed E-state index contributed by atoms with van der Waals surface area (Å²) in [5, 5.41) is 35.7. The van der Waals surface area contributed by atoms with E-state index in [0.717, 1.165) is 0 Å². The Kier molecular flexibility index (Phi) is 3.13. The molecule has 1 aliphatic heterocycles. The van der Waals surface area contributed by atoms with Gasteiger partial charge >= 0.3 is 5.66 Å². The summed E-state index contributed by atoms with van der Waals surface area (Å²) in [4.78, 5) is 10.2. The Morgan fingerprint density at radius 3 is 2.37 bits per heavy atom. The molecule has 0 N–H and O–H groups in total. The molecule has 0 aliphatic carbocycles. The lowest BCUT2D eigenvalue weighted by atomic mass is 10.0. The summed E-state index contributed by atoms with van der Waals surface area (Å²) in [6.07, 6.45) is 1.46. The molecule has 7 nitrogen and oxygen atoms in total. The van der Waals surface area contributed by atoms with Crippen LogP contribution in [0.1, 0.15) is 33.1 Å². The van der Waals surface area contributed by atoms with E-state index >= 15 is 0 Å². The summed E-state index contributed by atoms with van der Waals surface area (Å²) in [6, 6.07) is 3.76. The number of hydrogen-bond donors (Lipinski definition) is 0. The normalized spacial score (nSPS) is 21.6. The van der Waals surface area contributed by atoms with E-state index in [4.69, 9.17) is 0 Å². The summed E-state index contributed by atoms with van der Waals surface area (Å²) in [7, 11) is 0. The molecule has 1 aromatic rings. The number of non-ortho nitro benzene ring substituents is 1. The number of nitro groups is 1. The van der Waals surface area contributed by atoms with Crippen LogP contribution in [0.4, 0.5) is 5.69 Å². The first-order chi connectivity index (χ1) is 8.97. The van der Waals surface area contributed by atoms with Gasteiger partial charge in [-0.2, -0.15) is 0 Å². The van der Waals surface area contributed by atoms with Crippen LogP contribution < -0.4 is 20.2 Å². The standard InChI is InChI=1S/C12H15N3O4/c1-3-7-12(4-2)13(16)10-6-5-9(15(18)19)8-11(10)14(12)17/h5-6,8H,3-4,7H2,1-2H3. The van der Waals surface area contributed by atoms with E-state index in [-0.39, 0.29) is 16.4 Å². The van der Waals surface area contributed by atoms with Crippen molar-refractivity contribution in [3.63, 3.8) is 0 Å². The zero-order valence-electron chi connectivity index (χ0n) is 10.8. The van der Waals surface area contributed by atoms with Gasteiger partial charge in [-0.1, -0.05) is 13.8 Å². The van der Waals surface area contributed by atoms with Crippen LogP contribution in [0.15, 0.2) is 18.2 Å². The third-order valence-electron chi connectivity index (χ3n) is 3.58. The Hall–Kier alpha value is -2.18. The molecular formula is C12H15N3O4. The number of hydroxylamine groups is 2. The fourth-order valence-electron chi connectivity index (χ4n) is 2.56. The van der Waals surface area contributed by atoms with Crippen molar-refractivity contribution in [3.8, 4) is 0 Å². The number of fused-ring (bicyclic) bond motifs is 1. The fraction of sp³-hybridized carbons (Fsp3) is 0.500. The summed E-state index contributed by atoms with van der Waals surface area (Å²) in [5.74, 6) is 0. The van der Waals surface area contributed by atoms with Gasteiger partial charge in [-0.05, 0) is 6.42 Å². The van der Waals surface area contributed by atoms with E-state index in [2.05, 4.69) is 0 Å². The molecule has 0 amide bonds. The molecule has 0 aromatic heterocycles. The summed E-state index contributed by atoms with van der Waals surface area (Å²) in [5.41, 5.74) is -1.36. The molecule has 0 spiro atoms. The van der Waals surface area contributed by atoms with E-state index in [1.54, 1.807) is 6.92 Å². The van der Waals surface area contributed by atoms with Crippen LogP contribution in [0.3, 0.4) is 0 Å². The zero-order chi connectivity index (χ0) is 14.2. The van der Waals surface area contributed by atoms with Gasteiger partial charge in [-0.25, -0.2) is 0 Å². The topological polar surface area (TPSA) is 95.3 Å². The molecule has 1 unspecified atom stereocenters. The maximum Gasteiger partial charge on any atom is 0.371 e. The van der Waals surface area contributed by atoms with Crippen molar-refractivity contribution in [2.24, 2.45) is 0 Å². The second kappa shape index (κ2) is 4.49. The number of rotatable bonds is 4. The number of nitrogens with zero attached hydrogens (tertiary/aromatic N) is 3. The Morgan fingerprint density at radius 2 is 1.84 bits per heavy atom. The monoisotopic (exact) mass is 265 g/mol. The largest absolute Gasteiger partial charge is 0.618 e. The maximum absolute atomic E-state index is 12.4. The highest BCUT2D eigenvalue weighted by Gasteiger charge is 2.50. The molecular weight excluding hydrogens is 250 g/mol. The predicted octanol–water partition coefficient (Wildman–Crippen LogP) is 0.493. The Bertz CT molecular complexity index is 655. The van der Waals surface area contributed by atoms with Crippen molar-refractivity contribution < 1.29 is 4.92 Å². The van der Waals surface area contributed by atoms with Gasteiger partial charge in [0.05, 0.1) is 23.8 Å². The van der Waals surface area contributed by atoms with Crippen LogP contribution in [0.5, 0.6) is 0 Å². The maximum atomic E-state index is 12.4. The average molecular weight is 265 g/mol. The zero-order valence-corrected chi connectivity index (χ0v) is 10.8. The molecule has 102 valence electrons. The minimum Gasteiger partial charge on any atom is -0.618 e. The minimum absolute atomic E-state index is 0.0829. The van der Waals surface area contributed by atoms with Gasteiger partial charge in [0.2, 0.25) is 0 Å². The first-order valence-corrected chi connectivity index (χ1v) is 6.21. The van der Waals surface area contributed by atoms with Crippen molar-refractivity contribution in [2.45, 2.75) is 38.8 Å². The van der Waals surface area contributed by atoms with E-state index in [1.165, 1.54) is 18.2 Å². The predicted molar refractivity (Wildman–Crippen MR) is 69.5 cm³/mol. The molecule has 0 fully saturated rings. The highest BCUT2D eigenvalue weighted by Crippen LogP contribution is 2.20. The lowest BCUT2D eigenvalue weighted by Crippen LogP contribution is -2.51. The average Bonchev–Trinajstić information content (AvgIpc) is 2.61. The summed E-state index contributed by atoms with van der Waals surface area (Å²) >= 11 is 0. The van der Waals surface area contributed by atoms with Crippen LogP contribution in [-0.2, 0) is 0 Å². The molecule has 0 bridgehead atoms. The summed E-state index contributed by atoms with van der Waals surface area (Å²) in [6.45, 7) is 3.66. The molecule has 2 rings (SSSR count). The third kappa shape index (κ3) is 1.73. The van der Waals surface area contributed by atoms with Crippen LogP contribution in [0.25, 0.3) is 0 Å². The molecule has 1 aliphatic rings. The van der Waals surface area contributed by atoms with E-state index < -0.39 is 10.6 Å². The van der Waals surface area contributed by atoms with Crippen LogP contribution in [0.2, 0.25) is 0 Å². The third-order valence-corrected chi connectivity index (χ3v) is 3.58. The van der Waals surface area contributed by atoms with Crippen molar-refractivity contribution in [1.29, 1.82) is 0 Å². The first-order valence-electron chi connectivity index (χ1n) is 6.21. The molecule has 7 heteroatoms. The van der Waals surface area contributed by atoms with Gasteiger partial charge in [0.15, 0.2) is 0 Å². The van der Waals surface area contributed by atoms with Gasteiger partial charge < -0.3 is 10.4 Å². The second-order valence-corrected chi connectivity index (χ2v) is 4.60. The Morgan fingerprint density at radius 1 is 1.21 bits per heavy atom. The number of hydrogen-bond acceptors (Lipinski definition) is 4. The van der Waals surface area contributed by atoms with Gasteiger partial charge in [0.25, 0.3) is 16.4 Å². The van der Waals surface area contributed by atoms with Gasteiger partial charge in [0.1, 0.15) is 0 Å². The summed E-state index contributed by atoms with van der Waals surface area (Å²) < 4.78 is 1.33. The van der Waals surface area contributed by atoms with Crippen molar-refractivity contribution in [1.82, 2.24) is 9.48 Å². The Labute approximate surface area is 109 Å². The number of benzene rings is 1. The SMILES string of the molecule is CCCC1(CC)[N+]([O-])=c2ccc([N+](=O)[O-])cc2=[N+]1[O-]. The van der Waals surface area contributed by atoms with E-state index in [0.29, 0.717) is 28.7 Å². The number of nitro benzene ring substituents is 1. The minimum atomic E-state index is -1.17. The van der Waals surface area contributed by atoms with E-state index in [1.807, 2.05) is 6.92 Å². The molecule has 19 heavy (non-hydrogen) atoms. The quantitative estimate of drug-likeness (QED) is 0.342. The van der Waals surface area contributed by atoms with Crippen molar-refractivity contribution >= 4 is 5.69 Å². The fourth-order valence-corrected chi connectivity index (χ4v) is 2.56. The van der Waals surface area contributed by atoms with Crippen molar-refractivity contribution in [3.05, 3.63) is 49.4 Å². The molecule has 0 radical (unpaired) electrons. The first kappa shape index (κ1) is 13.3. The van der Waals surface area contributed by atoms with Gasteiger partial charge in [-0.3, -0.25) is 10.1 Å². The molecule has 1 heterocycles. The Balaban J connectivity index is 2.78. The van der Waals surface area contributed by atoms with Crippen LogP contribution >= 0.6 is 0 Å².